The van der Waals surface area contributed by atoms with Gasteiger partial charge in [0.15, 0.2) is 0 Å². The molecule has 0 bridgehead atoms. The van der Waals surface area contributed by atoms with Gasteiger partial charge in [0, 0.05) is 37.7 Å². The second-order valence-electron chi connectivity index (χ2n) is 10.6. The molecular formula is C29H36N2O4. The van der Waals surface area contributed by atoms with Gasteiger partial charge in [0.1, 0.15) is 11.5 Å². The Balaban J connectivity index is 1.37. The summed E-state index contributed by atoms with van der Waals surface area (Å²) in [6.45, 7) is 3.02. The van der Waals surface area contributed by atoms with Gasteiger partial charge < -0.3 is 25.2 Å². The van der Waals surface area contributed by atoms with Gasteiger partial charge in [0.05, 0.1) is 5.60 Å². The number of phenolic OH excluding ortho intramolecular Hbond substituents is 2. The van der Waals surface area contributed by atoms with E-state index in [-0.39, 0.29) is 34.5 Å². The normalized spacial score (nSPS) is 29.1. The molecule has 0 spiro atoms. The van der Waals surface area contributed by atoms with Crippen molar-refractivity contribution in [3.8, 4) is 11.5 Å². The number of carbonyl (C=O) groups excluding carboxylic acids is 1. The summed E-state index contributed by atoms with van der Waals surface area (Å²) in [4.78, 5) is 15.4. The number of benzene rings is 2. The first-order chi connectivity index (χ1) is 16.9. The number of fused-ring (bicyclic) bond motifs is 1. The number of nitrogens with zero attached hydrogens (tertiary/aromatic N) is 1. The van der Waals surface area contributed by atoms with Crippen LogP contribution in [0.3, 0.4) is 0 Å². The second-order valence-corrected chi connectivity index (χ2v) is 10.6. The minimum atomic E-state index is -0.355. The van der Waals surface area contributed by atoms with Crippen LogP contribution < -0.4 is 5.32 Å². The van der Waals surface area contributed by atoms with Crippen LogP contribution in [0.15, 0.2) is 54.6 Å². The number of phenols is 2. The van der Waals surface area contributed by atoms with Crippen LogP contribution >= 0.6 is 0 Å². The maximum absolute atomic E-state index is 12.8. The van der Waals surface area contributed by atoms with Crippen molar-refractivity contribution < 1.29 is 19.7 Å². The Kier molecular flexibility index (Phi) is 6.60. The van der Waals surface area contributed by atoms with Gasteiger partial charge in [-0.15, -0.1) is 0 Å². The van der Waals surface area contributed by atoms with Gasteiger partial charge in [-0.2, -0.15) is 0 Å². The number of piperidine rings is 1. The molecule has 2 saturated carbocycles. The molecule has 1 heterocycles. The summed E-state index contributed by atoms with van der Waals surface area (Å²) in [5.74, 6) is 1.13. The van der Waals surface area contributed by atoms with Gasteiger partial charge >= 0.3 is 0 Å². The minimum Gasteiger partial charge on any atom is -0.508 e. The van der Waals surface area contributed by atoms with Gasteiger partial charge in [-0.3, -0.25) is 4.79 Å². The van der Waals surface area contributed by atoms with Crippen molar-refractivity contribution in [2.24, 2.45) is 5.92 Å². The first-order valence-corrected chi connectivity index (χ1v) is 12.8. The molecule has 0 radical (unpaired) electrons. The smallest absolute Gasteiger partial charge is 0.244 e. The summed E-state index contributed by atoms with van der Waals surface area (Å²) < 4.78 is 6.41. The van der Waals surface area contributed by atoms with Crippen LogP contribution in [-0.2, 0) is 14.9 Å². The first-order valence-electron chi connectivity index (χ1n) is 12.8. The van der Waals surface area contributed by atoms with E-state index in [0.717, 1.165) is 62.4 Å². The summed E-state index contributed by atoms with van der Waals surface area (Å²) in [5.41, 5.74) is 1.24. The molecular weight excluding hydrogens is 440 g/mol. The first kappa shape index (κ1) is 23.9. The number of likely N-dealkylation sites (tertiary alicyclic amines) is 1. The number of nitrogens with one attached hydrogen (secondary N) is 1. The lowest BCUT2D eigenvalue weighted by molar-refractivity contribution is -0.150. The Labute approximate surface area is 207 Å². The molecule has 1 amide bonds. The number of hydrogen-bond acceptors (Lipinski definition) is 5. The fourth-order valence-electron chi connectivity index (χ4n) is 6.39. The van der Waals surface area contributed by atoms with E-state index < -0.39 is 0 Å². The Bertz CT molecular complexity index is 1100. The highest BCUT2D eigenvalue weighted by atomic mass is 16.5. The Morgan fingerprint density at radius 3 is 2.60 bits per heavy atom. The number of methoxy groups -OCH3 is 1. The van der Waals surface area contributed by atoms with Gasteiger partial charge in [-0.05, 0) is 92.5 Å². The van der Waals surface area contributed by atoms with Crippen molar-refractivity contribution in [2.75, 3.05) is 26.7 Å². The van der Waals surface area contributed by atoms with E-state index in [9.17, 15) is 15.0 Å². The molecule has 3 atom stereocenters. The number of rotatable bonds is 7. The molecule has 6 heteroatoms. The fourth-order valence-corrected chi connectivity index (χ4v) is 6.39. The SMILES string of the molecule is CO[C@]12CC[C@H](NC(=O)C=Cc3cccc(O)c3)C[C@]1(c1cccc(O)c1)CCN(CC1CC1)C2. The lowest BCUT2D eigenvalue weighted by Crippen LogP contribution is -2.68. The molecule has 1 saturated heterocycles. The van der Waals surface area contributed by atoms with E-state index in [1.807, 2.05) is 25.3 Å². The monoisotopic (exact) mass is 476 g/mol. The predicted molar refractivity (Wildman–Crippen MR) is 136 cm³/mol. The minimum absolute atomic E-state index is 0.0110. The van der Waals surface area contributed by atoms with E-state index in [2.05, 4.69) is 16.3 Å². The zero-order valence-corrected chi connectivity index (χ0v) is 20.5. The van der Waals surface area contributed by atoms with Crippen LogP contribution in [0.5, 0.6) is 11.5 Å². The molecule has 2 aromatic carbocycles. The highest BCUT2D eigenvalue weighted by molar-refractivity contribution is 5.92. The molecule has 0 aromatic heterocycles. The van der Waals surface area contributed by atoms with Gasteiger partial charge in [0.25, 0.3) is 0 Å². The van der Waals surface area contributed by atoms with Crippen LogP contribution in [0.1, 0.15) is 49.7 Å². The van der Waals surface area contributed by atoms with Crippen LogP contribution in [-0.4, -0.2) is 59.4 Å². The number of aromatic hydroxyl groups is 2. The van der Waals surface area contributed by atoms with E-state index in [1.165, 1.54) is 18.9 Å². The van der Waals surface area contributed by atoms with Crippen molar-refractivity contribution in [3.05, 3.63) is 65.7 Å². The third-order valence-electron chi connectivity index (χ3n) is 8.34. The summed E-state index contributed by atoms with van der Waals surface area (Å²) in [7, 11) is 1.83. The maximum Gasteiger partial charge on any atom is 0.244 e. The van der Waals surface area contributed by atoms with Crippen LogP contribution in [0, 0.1) is 5.92 Å². The maximum atomic E-state index is 12.8. The highest BCUT2D eigenvalue weighted by Gasteiger charge is 2.59. The number of carbonyl (C=O) groups is 1. The standard InChI is InChI=1S/C29H36N2O4/c1-35-29-13-12-24(30-27(34)11-10-21-4-2-6-25(32)16-21)18-28(29,23-5-3-7-26(33)17-23)14-15-31(20-29)19-22-8-9-22/h2-7,10-11,16-17,22,24,32-33H,8-9,12-15,18-20H2,1H3,(H,30,34)/t24-,28-,29-/m0/s1. The van der Waals surface area contributed by atoms with E-state index in [1.54, 1.807) is 30.3 Å². The number of ether oxygens (including phenoxy) is 1. The van der Waals surface area contributed by atoms with Crippen molar-refractivity contribution in [2.45, 2.75) is 55.6 Å². The molecule has 35 heavy (non-hydrogen) atoms. The van der Waals surface area contributed by atoms with Gasteiger partial charge in [-0.1, -0.05) is 24.3 Å². The van der Waals surface area contributed by atoms with Crippen LogP contribution in [0.4, 0.5) is 0 Å². The fraction of sp³-hybridized carbons (Fsp3) is 0.483. The highest BCUT2D eigenvalue weighted by Crippen LogP contribution is 2.54. The van der Waals surface area contributed by atoms with E-state index >= 15 is 0 Å². The Hall–Kier alpha value is -2.83. The Morgan fingerprint density at radius 1 is 1.11 bits per heavy atom. The van der Waals surface area contributed by atoms with Crippen LogP contribution in [0.25, 0.3) is 6.08 Å². The molecule has 5 rings (SSSR count). The van der Waals surface area contributed by atoms with E-state index in [0.29, 0.717) is 0 Å². The average Bonchev–Trinajstić information content (AvgIpc) is 3.67. The second kappa shape index (κ2) is 9.67. The summed E-state index contributed by atoms with van der Waals surface area (Å²) in [5, 5.41) is 23.2. The molecule has 3 N–H and O–H groups in total. The molecule has 1 aliphatic heterocycles. The molecule has 0 unspecified atom stereocenters. The van der Waals surface area contributed by atoms with Crippen molar-refractivity contribution in [3.63, 3.8) is 0 Å². The van der Waals surface area contributed by atoms with Gasteiger partial charge in [0.2, 0.25) is 5.91 Å². The summed E-state index contributed by atoms with van der Waals surface area (Å²) in [6, 6.07) is 14.5. The molecule has 6 nitrogen and oxygen atoms in total. The largest absolute Gasteiger partial charge is 0.508 e. The lowest BCUT2D eigenvalue weighted by atomic mass is 9.55. The van der Waals surface area contributed by atoms with Crippen molar-refractivity contribution in [1.29, 1.82) is 0 Å². The molecule has 3 aliphatic rings. The molecule has 3 fully saturated rings. The molecule has 186 valence electrons. The third kappa shape index (κ3) is 4.95. The quantitative estimate of drug-likeness (QED) is 0.522. The zero-order chi connectivity index (χ0) is 24.5. The van der Waals surface area contributed by atoms with Crippen molar-refractivity contribution >= 4 is 12.0 Å². The number of hydrogen-bond donors (Lipinski definition) is 3. The Morgan fingerprint density at radius 2 is 1.89 bits per heavy atom. The van der Waals surface area contributed by atoms with Crippen molar-refractivity contribution in [1.82, 2.24) is 10.2 Å². The summed E-state index contributed by atoms with van der Waals surface area (Å²) >= 11 is 0. The lowest BCUT2D eigenvalue weighted by Gasteiger charge is -2.60. The average molecular weight is 477 g/mol. The number of amides is 1. The third-order valence-corrected chi connectivity index (χ3v) is 8.34. The van der Waals surface area contributed by atoms with E-state index in [4.69, 9.17) is 4.74 Å². The topological polar surface area (TPSA) is 82.0 Å². The van der Waals surface area contributed by atoms with Crippen LogP contribution in [0.2, 0.25) is 0 Å². The summed E-state index contributed by atoms with van der Waals surface area (Å²) in [6.07, 6.45) is 9.32. The molecule has 2 aromatic rings. The zero-order valence-electron chi connectivity index (χ0n) is 20.5. The van der Waals surface area contributed by atoms with Gasteiger partial charge in [-0.25, -0.2) is 0 Å². The molecule has 2 aliphatic carbocycles. The predicted octanol–water partition coefficient (Wildman–Crippen LogP) is 4.22.